The minimum atomic E-state index is -5.93. The largest absolute Gasteiger partial charge is 0.506 e. The molecule has 18 heteroatoms. The van der Waals surface area contributed by atoms with Crippen molar-refractivity contribution < 1.29 is 45.2 Å². The van der Waals surface area contributed by atoms with Gasteiger partial charge in [0.25, 0.3) is 0 Å². The lowest BCUT2D eigenvalue weighted by atomic mass is 9.72. The number of hydrogen-bond acceptors (Lipinski definition) is 2. The molecule has 0 aliphatic rings. The van der Waals surface area contributed by atoms with Crippen molar-refractivity contribution in [3.05, 3.63) is 47.5 Å². The molecule has 0 aromatic heterocycles. The van der Waals surface area contributed by atoms with Crippen LogP contribution in [0, 0.1) is 0 Å². The van der Waals surface area contributed by atoms with E-state index in [2.05, 4.69) is 0 Å². The minimum Gasteiger partial charge on any atom is -0.506 e. The molecule has 2 aromatic rings. The van der Waals surface area contributed by atoms with Gasteiger partial charge in [0, 0.05) is 14.1 Å². The highest BCUT2D eigenvalue weighted by Gasteiger charge is 2.73. The molecule has 0 spiro atoms. The van der Waals surface area contributed by atoms with E-state index < -0.39 is 66.5 Å². The van der Waals surface area contributed by atoms with Gasteiger partial charge in [0.1, 0.15) is 25.6 Å². The Bertz CT molecular complexity index is 1610. The number of nitrogens with zero attached hydrogens (tertiary/aromatic N) is 8. The molecule has 10 nitrogen and oxygen atoms in total. The van der Waals surface area contributed by atoms with Gasteiger partial charge in [0.2, 0.25) is 5.41 Å². The molecule has 0 heterocycles. The zero-order valence-corrected chi connectivity index (χ0v) is 36.4. The summed E-state index contributed by atoms with van der Waals surface area (Å²) < 4.78 is 109. The van der Waals surface area contributed by atoms with Crippen LogP contribution in [0.3, 0.4) is 0 Å². The summed E-state index contributed by atoms with van der Waals surface area (Å²) in [6.07, 6.45) is -11.9. The quantitative estimate of drug-likeness (QED) is 0.184. The van der Waals surface area contributed by atoms with Gasteiger partial charge < -0.3 is 10.2 Å². The maximum absolute atomic E-state index is 15.8. The molecule has 0 bridgehead atoms. The summed E-state index contributed by atoms with van der Waals surface area (Å²) >= 11 is 0. The van der Waals surface area contributed by atoms with E-state index in [-0.39, 0.29) is 11.4 Å². The molecular weight excluding hydrogens is 740 g/mol. The first-order valence-electron chi connectivity index (χ1n) is 16.9. The van der Waals surface area contributed by atoms with Crippen LogP contribution in [-0.2, 0) is 5.41 Å². The summed E-state index contributed by atoms with van der Waals surface area (Å²) in [5.41, 5.74) is -8.33. The van der Waals surface area contributed by atoms with E-state index in [0.29, 0.717) is 12.1 Å². The Morgan fingerprint density at radius 1 is 0.491 bits per heavy atom. The van der Waals surface area contributed by atoms with Gasteiger partial charge in [-0.2, -0.15) is 26.3 Å². The summed E-state index contributed by atoms with van der Waals surface area (Å²) in [6, 6.07) is 4.68. The molecule has 53 heavy (non-hydrogen) atoms. The van der Waals surface area contributed by atoms with Crippen LogP contribution in [0.1, 0.15) is 52.7 Å². The van der Waals surface area contributed by atoms with Gasteiger partial charge in [0.05, 0.1) is 11.4 Å². The molecular formula is C35H62F6N8O2P2+2. The summed E-state index contributed by atoms with van der Waals surface area (Å²) in [7, 11) is 15.1. The Balaban J connectivity index is 3.30. The van der Waals surface area contributed by atoms with Crippen LogP contribution in [0.25, 0.3) is 0 Å². The standard InChI is InChI=1S/C35H60F6N8O2P2/c1-31(2,3)48(17)52(42(7)8,43(9)10)46(15)27-23-25(19-21-29(27)50)33(34(36,37)38,35(39,40)41)26-20-22-30(51)28(24-26)47(16)53(44(11)12,45(13)14)49(18)32(4,5)6/h19-24H,1-18H3/p+2. The van der Waals surface area contributed by atoms with Crippen molar-refractivity contribution in [2.45, 2.75) is 70.4 Å². The van der Waals surface area contributed by atoms with E-state index in [1.807, 2.05) is 83.0 Å². The molecule has 2 rings (SSSR count). The highest BCUT2D eigenvalue weighted by molar-refractivity contribution is 7.61. The third kappa shape index (κ3) is 7.57. The molecule has 0 unspecified atom stereocenters. The fourth-order valence-electron chi connectivity index (χ4n) is 7.37. The second-order valence-corrected chi connectivity index (χ2v) is 23.8. The Morgan fingerprint density at radius 2 is 0.736 bits per heavy atom. The van der Waals surface area contributed by atoms with E-state index in [1.165, 1.54) is 0 Å². The SMILES string of the molecule is CN(C)P(N(C)C)(N(C)c1cc(C(c2ccc(O)c(N(C)P(N(C)C)(N(C)C)=[N+](C)C(C)(C)C)c2)(C(F)(F)F)C(F)(F)F)ccc1O)=[N+](C)C(C)(C)C. The van der Waals surface area contributed by atoms with Gasteiger partial charge in [-0.05, 0) is 133 Å². The molecule has 2 N–H and O–H groups in total. The number of hydrogen-bond donors (Lipinski definition) is 2. The van der Waals surface area contributed by atoms with Crippen LogP contribution < -0.4 is 9.34 Å². The summed E-state index contributed by atoms with van der Waals surface area (Å²) in [6.45, 7) is 11.7. The third-order valence-corrected chi connectivity index (χ3v) is 19.2. The molecule has 0 aliphatic carbocycles. The molecule has 0 saturated carbocycles. The van der Waals surface area contributed by atoms with Gasteiger partial charge in [0.15, 0.2) is 11.1 Å². The molecule has 0 saturated heterocycles. The number of anilines is 2. The molecule has 2 aromatic carbocycles. The van der Waals surface area contributed by atoms with Gasteiger partial charge in [-0.3, -0.25) is 9.34 Å². The zero-order chi connectivity index (χ0) is 41.8. The van der Waals surface area contributed by atoms with Crippen molar-refractivity contribution in [1.29, 1.82) is 0 Å². The number of benzene rings is 2. The van der Waals surface area contributed by atoms with Crippen LogP contribution in [0.15, 0.2) is 36.4 Å². The average Bonchev–Trinajstić information content (AvgIpc) is 2.96. The molecule has 304 valence electrons. The van der Waals surface area contributed by atoms with E-state index in [0.717, 1.165) is 24.3 Å². The normalized spacial score (nSPS) is 14.1. The van der Waals surface area contributed by atoms with E-state index in [4.69, 9.17) is 0 Å². The van der Waals surface area contributed by atoms with Crippen molar-refractivity contribution in [2.75, 3.05) is 93.9 Å². The van der Waals surface area contributed by atoms with Crippen molar-refractivity contribution in [2.24, 2.45) is 0 Å². The smallest absolute Gasteiger partial charge is 0.411 e. The Kier molecular flexibility index (Phi) is 13.4. The number of aromatic hydroxyl groups is 2. The first-order valence-corrected chi connectivity index (χ1v) is 20.1. The fraction of sp³-hybridized carbons (Fsp3) is 0.657. The van der Waals surface area contributed by atoms with Crippen molar-refractivity contribution in [3.8, 4) is 11.5 Å². The summed E-state index contributed by atoms with van der Waals surface area (Å²) in [5.74, 6) is -0.986. The molecule has 0 fully saturated rings. The van der Waals surface area contributed by atoms with E-state index in [9.17, 15) is 10.2 Å². The predicted octanol–water partition coefficient (Wildman–Crippen LogP) is 8.40. The molecule has 0 atom stereocenters. The Morgan fingerprint density at radius 3 is 0.925 bits per heavy atom. The summed E-state index contributed by atoms with van der Waals surface area (Å²) in [4.78, 5) is 0. The van der Waals surface area contributed by atoms with Gasteiger partial charge in [-0.25, -0.2) is 27.3 Å². The Labute approximate surface area is 313 Å². The van der Waals surface area contributed by atoms with Gasteiger partial charge in [-0.15, -0.1) is 0 Å². The predicted molar refractivity (Wildman–Crippen MR) is 206 cm³/mol. The molecule has 0 aliphatic heterocycles. The second-order valence-electron chi connectivity index (χ2n) is 16.1. The number of alkyl halides is 6. The first-order chi connectivity index (χ1) is 23.6. The van der Waals surface area contributed by atoms with Crippen molar-refractivity contribution in [1.82, 2.24) is 18.7 Å². The number of phenols is 2. The minimum absolute atomic E-state index is 0.222. The lowest BCUT2D eigenvalue weighted by Gasteiger charge is -2.44. The van der Waals surface area contributed by atoms with Crippen LogP contribution in [0.5, 0.6) is 11.5 Å². The number of rotatable bonds is 10. The van der Waals surface area contributed by atoms with E-state index >= 15 is 26.3 Å². The highest BCUT2D eigenvalue weighted by atomic mass is 31.2. The fourth-order valence-corrected chi connectivity index (χ4v) is 16.4. The molecule has 0 amide bonds. The lowest BCUT2D eigenvalue weighted by molar-refractivity contribution is -0.557. The van der Waals surface area contributed by atoms with Crippen LogP contribution >= 0.6 is 15.0 Å². The second kappa shape index (κ2) is 15.2. The van der Waals surface area contributed by atoms with Crippen LogP contribution in [0.2, 0.25) is 0 Å². The van der Waals surface area contributed by atoms with Gasteiger partial charge >= 0.3 is 27.4 Å². The summed E-state index contributed by atoms with van der Waals surface area (Å²) in [5, 5.41) is 22.5. The van der Waals surface area contributed by atoms with Crippen LogP contribution in [0.4, 0.5) is 37.7 Å². The average molecular weight is 803 g/mol. The molecule has 0 radical (unpaired) electrons. The lowest BCUT2D eigenvalue weighted by Crippen LogP contribution is -2.55. The van der Waals surface area contributed by atoms with Crippen molar-refractivity contribution >= 4 is 26.4 Å². The van der Waals surface area contributed by atoms with Crippen LogP contribution in [-0.4, -0.2) is 146 Å². The number of phenolic OH excluding ortho intramolecular Hbond substituents is 2. The van der Waals surface area contributed by atoms with E-state index in [1.54, 1.807) is 79.8 Å². The highest BCUT2D eigenvalue weighted by Crippen LogP contribution is 2.63. The zero-order valence-electron chi connectivity index (χ0n) is 34.6. The Hall–Kier alpha value is -2.48. The maximum Gasteiger partial charge on any atom is 0.411 e. The monoisotopic (exact) mass is 802 g/mol. The topological polar surface area (TPSA) is 65.9 Å². The first kappa shape index (κ1) is 46.7. The maximum atomic E-state index is 15.8. The van der Waals surface area contributed by atoms with Crippen molar-refractivity contribution in [3.63, 3.8) is 0 Å². The van der Waals surface area contributed by atoms with Gasteiger partial charge in [-0.1, -0.05) is 12.1 Å². The number of halogens is 6. The third-order valence-electron chi connectivity index (χ3n) is 10.1.